The molecule has 1 fully saturated rings. The van der Waals surface area contributed by atoms with Crippen molar-refractivity contribution in [3.05, 3.63) is 59.2 Å². The van der Waals surface area contributed by atoms with Gasteiger partial charge in [0.05, 0.1) is 17.7 Å². The van der Waals surface area contributed by atoms with Crippen LogP contribution < -0.4 is 5.32 Å². The number of nitrogens with zero attached hydrogens (tertiary/aromatic N) is 2. The molecule has 5 heteroatoms. The Morgan fingerprint density at radius 3 is 2.54 bits per heavy atom. The van der Waals surface area contributed by atoms with Gasteiger partial charge in [0, 0.05) is 17.4 Å². The van der Waals surface area contributed by atoms with Crippen molar-refractivity contribution in [1.29, 1.82) is 0 Å². The summed E-state index contributed by atoms with van der Waals surface area (Å²) in [5, 5.41) is 10.8. The first-order valence-corrected chi connectivity index (χ1v) is 10.8. The van der Waals surface area contributed by atoms with Crippen molar-refractivity contribution in [2.24, 2.45) is 16.9 Å². The molecule has 3 aliphatic rings. The topological polar surface area (TPSA) is 44.7 Å². The Bertz CT molecular complexity index is 746. The van der Waals surface area contributed by atoms with E-state index in [9.17, 15) is 4.79 Å². The fourth-order valence-electron chi connectivity index (χ4n) is 4.04. The predicted octanol–water partition coefficient (Wildman–Crippen LogP) is 4.61. The van der Waals surface area contributed by atoms with Crippen LogP contribution in [0, 0.1) is 11.8 Å². The lowest BCUT2D eigenvalue weighted by Gasteiger charge is -2.38. The van der Waals surface area contributed by atoms with Gasteiger partial charge in [-0.15, -0.1) is 0 Å². The molecule has 150 valence electrons. The van der Waals surface area contributed by atoms with E-state index in [1.54, 1.807) is 5.01 Å². The third-order valence-electron chi connectivity index (χ3n) is 5.46. The van der Waals surface area contributed by atoms with Crippen LogP contribution in [-0.2, 0) is 11.2 Å². The predicted molar refractivity (Wildman–Crippen MR) is 117 cm³/mol. The van der Waals surface area contributed by atoms with Gasteiger partial charge in [-0.3, -0.25) is 4.79 Å². The molecule has 4 nitrogen and oxygen atoms in total. The van der Waals surface area contributed by atoms with Crippen LogP contribution >= 0.6 is 11.6 Å². The molecular formula is C23H30ClN3O. The highest BCUT2D eigenvalue weighted by Gasteiger charge is 2.39. The van der Waals surface area contributed by atoms with E-state index in [-0.39, 0.29) is 23.8 Å². The third kappa shape index (κ3) is 4.73. The number of hydrazone groups is 1. The van der Waals surface area contributed by atoms with Crippen molar-refractivity contribution >= 4 is 23.2 Å². The summed E-state index contributed by atoms with van der Waals surface area (Å²) in [4.78, 5) is 13.1. The largest absolute Gasteiger partial charge is 0.317 e. The van der Waals surface area contributed by atoms with E-state index in [2.05, 4.69) is 11.4 Å². The van der Waals surface area contributed by atoms with E-state index < -0.39 is 0 Å². The second-order valence-electron chi connectivity index (χ2n) is 7.23. The van der Waals surface area contributed by atoms with E-state index in [4.69, 9.17) is 16.7 Å². The molecule has 1 aromatic rings. The highest BCUT2D eigenvalue weighted by Crippen LogP contribution is 2.32. The molecule has 1 N–H and O–H groups in total. The molecule has 2 aliphatic heterocycles. The molecule has 0 saturated carbocycles. The molecule has 3 unspecified atom stereocenters. The number of hydrogen-bond donors (Lipinski definition) is 1. The minimum atomic E-state index is -0.129. The molecule has 0 spiro atoms. The number of rotatable bonds is 3. The lowest BCUT2D eigenvalue weighted by Crippen LogP contribution is -2.48. The summed E-state index contributed by atoms with van der Waals surface area (Å²) in [6.45, 7) is 5.97. The lowest BCUT2D eigenvalue weighted by atomic mass is 9.80. The van der Waals surface area contributed by atoms with Crippen LogP contribution in [-0.4, -0.2) is 35.8 Å². The summed E-state index contributed by atoms with van der Waals surface area (Å²) in [6, 6.07) is 8.10. The first-order chi connectivity index (χ1) is 13.7. The Morgan fingerprint density at radius 1 is 1.07 bits per heavy atom. The number of hydrogen-bond acceptors (Lipinski definition) is 3. The molecule has 0 radical (unpaired) electrons. The van der Waals surface area contributed by atoms with Gasteiger partial charge >= 0.3 is 0 Å². The normalized spacial score (nSPS) is 26.7. The fraction of sp³-hybridized carbons (Fsp3) is 0.478. The number of carbonyl (C=O) groups excluding carboxylic acids is 1. The van der Waals surface area contributed by atoms with Gasteiger partial charge in [0.25, 0.3) is 5.91 Å². The summed E-state index contributed by atoms with van der Waals surface area (Å²) in [5.74, 6) is 0.0710. The molecule has 1 amide bonds. The number of fused-ring (bicyclic) bond motifs is 1. The van der Waals surface area contributed by atoms with Crippen molar-refractivity contribution in [3.63, 3.8) is 0 Å². The summed E-state index contributed by atoms with van der Waals surface area (Å²) in [7, 11) is 0. The molecule has 1 saturated heterocycles. The Kier molecular flexibility index (Phi) is 7.46. The van der Waals surface area contributed by atoms with Crippen LogP contribution in [0.15, 0.2) is 53.7 Å². The van der Waals surface area contributed by atoms with Gasteiger partial charge in [0.1, 0.15) is 0 Å². The molecule has 0 aromatic heterocycles. The molecule has 1 aliphatic carbocycles. The van der Waals surface area contributed by atoms with Gasteiger partial charge in [-0.05, 0) is 50.0 Å². The van der Waals surface area contributed by atoms with E-state index in [0.29, 0.717) is 0 Å². The van der Waals surface area contributed by atoms with Crippen molar-refractivity contribution < 1.29 is 4.79 Å². The van der Waals surface area contributed by atoms with Gasteiger partial charge < -0.3 is 5.32 Å². The molecule has 1 aromatic carbocycles. The highest BCUT2D eigenvalue weighted by atomic mass is 35.5. The van der Waals surface area contributed by atoms with Gasteiger partial charge in [-0.2, -0.15) is 5.10 Å². The van der Waals surface area contributed by atoms with Crippen LogP contribution in [0.3, 0.4) is 0 Å². The van der Waals surface area contributed by atoms with Crippen LogP contribution in [0.25, 0.3) is 0 Å². The zero-order valence-corrected chi connectivity index (χ0v) is 17.5. The number of benzene rings is 1. The molecule has 0 bridgehead atoms. The van der Waals surface area contributed by atoms with Gasteiger partial charge in [0.2, 0.25) is 0 Å². The molecular weight excluding hydrogens is 370 g/mol. The van der Waals surface area contributed by atoms with E-state index in [1.165, 1.54) is 5.56 Å². The quantitative estimate of drug-likeness (QED) is 0.806. The van der Waals surface area contributed by atoms with Crippen molar-refractivity contribution in [2.75, 3.05) is 13.1 Å². The summed E-state index contributed by atoms with van der Waals surface area (Å²) < 4.78 is 0. The Hall–Kier alpha value is -1.91. The average Bonchev–Trinajstić information content (AvgIpc) is 3.03. The van der Waals surface area contributed by atoms with Gasteiger partial charge in [-0.25, -0.2) is 5.01 Å². The van der Waals surface area contributed by atoms with Gasteiger partial charge in [-0.1, -0.05) is 61.9 Å². The SMILES string of the molecule is CC.O=C1C2C=CC=CC2C(Cc2ccc(Cl)cc2)=NN1C1CCCNCC1. The van der Waals surface area contributed by atoms with Crippen LogP contribution in [0.4, 0.5) is 0 Å². The summed E-state index contributed by atoms with van der Waals surface area (Å²) >= 11 is 6.02. The molecule has 28 heavy (non-hydrogen) atoms. The molecule has 2 heterocycles. The van der Waals surface area contributed by atoms with Crippen molar-refractivity contribution in [1.82, 2.24) is 10.3 Å². The summed E-state index contributed by atoms with van der Waals surface area (Å²) in [6.07, 6.45) is 11.9. The number of carbonyl (C=O) groups is 1. The molecule has 4 rings (SSSR count). The maximum Gasteiger partial charge on any atom is 0.250 e. The third-order valence-corrected chi connectivity index (χ3v) is 5.71. The fourth-order valence-corrected chi connectivity index (χ4v) is 4.17. The van der Waals surface area contributed by atoms with Crippen LogP contribution in [0.2, 0.25) is 5.02 Å². The maximum absolute atomic E-state index is 13.1. The monoisotopic (exact) mass is 399 g/mol. The zero-order chi connectivity index (χ0) is 19.9. The van der Waals surface area contributed by atoms with Crippen molar-refractivity contribution in [3.8, 4) is 0 Å². The first kappa shape index (κ1) is 20.8. The standard InChI is InChI=1S/C21H24ClN3O.C2H6/c22-16-9-7-15(8-10-16)14-20-18-5-1-2-6-19(18)21(26)25(24-20)17-4-3-12-23-13-11-17;1-2/h1-2,5-10,17-19,23H,3-4,11-14H2;1-2H3. The summed E-state index contributed by atoms with van der Waals surface area (Å²) in [5.41, 5.74) is 2.24. The average molecular weight is 400 g/mol. The zero-order valence-electron chi connectivity index (χ0n) is 16.8. The van der Waals surface area contributed by atoms with Crippen molar-refractivity contribution in [2.45, 2.75) is 45.6 Å². The highest BCUT2D eigenvalue weighted by molar-refractivity contribution is 6.30. The number of halogens is 1. The van der Waals surface area contributed by atoms with Crippen LogP contribution in [0.1, 0.15) is 38.7 Å². The minimum absolute atomic E-state index is 0.0586. The minimum Gasteiger partial charge on any atom is -0.317 e. The van der Waals surface area contributed by atoms with Gasteiger partial charge in [0.15, 0.2) is 0 Å². The Balaban J connectivity index is 0.00000109. The first-order valence-electron chi connectivity index (χ1n) is 10.4. The maximum atomic E-state index is 13.1. The second kappa shape index (κ2) is 10.0. The number of amides is 1. The number of nitrogens with one attached hydrogen (secondary N) is 1. The van der Waals surface area contributed by atoms with E-state index >= 15 is 0 Å². The molecule has 3 atom stereocenters. The smallest absolute Gasteiger partial charge is 0.250 e. The second-order valence-corrected chi connectivity index (χ2v) is 7.67. The Morgan fingerprint density at radius 2 is 1.79 bits per heavy atom. The van der Waals surface area contributed by atoms with Crippen LogP contribution in [0.5, 0.6) is 0 Å². The van der Waals surface area contributed by atoms with E-state index in [1.807, 2.05) is 56.3 Å². The van der Waals surface area contributed by atoms with E-state index in [0.717, 1.165) is 49.5 Å². The Labute approximate surface area is 173 Å². The number of allylic oxidation sites excluding steroid dienone is 3. The lowest BCUT2D eigenvalue weighted by molar-refractivity contribution is -0.138.